The van der Waals surface area contributed by atoms with Crippen LogP contribution < -0.4 is 4.74 Å². The van der Waals surface area contributed by atoms with E-state index in [0.29, 0.717) is 5.92 Å². The van der Waals surface area contributed by atoms with Crippen molar-refractivity contribution in [3.63, 3.8) is 0 Å². The number of nitrogens with zero attached hydrogens (tertiary/aromatic N) is 1. The van der Waals surface area contributed by atoms with Crippen LogP contribution in [0.2, 0.25) is 0 Å². The molecule has 1 aromatic carbocycles. The maximum atomic E-state index is 12.1. The molecule has 0 bridgehead atoms. The SMILES string of the molecule is CC(C)(C)OC(=O)N1CCC(c2ccc3c(c2)OCC3)CC1. The third-order valence-corrected chi connectivity index (χ3v) is 4.34. The summed E-state index contributed by atoms with van der Waals surface area (Å²) in [6.45, 7) is 8.04. The minimum atomic E-state index is -0.425. The van der Waals surface area contributed by atoms with Crippen LogP contribution in [0.5, 0.6) is 5.75 Å². The first-order valence-corrected chi connectivity index (χ1v) is 8.16. The lowest BCUT2D eigenvalue weighted by molar-refractivity contribution is 0.0205. The molecule has 4 heteroatoms. The third-order valence-electron chi connectivity index (χ3n) is 4.34. The van der Waals surface area contributed by atoms with Crippen molar-refractivity contribution in [2.75, 3.05) is 19.7 Å². The molecule has 0 aromatic heterocycles. The van der Waals surface area contributed by atoms with Crippen LogP contribution in [0, 0.1) is 0 Å². The zero-order valence-corrected chi connectivity index (χ0v) is 13.7. The van der Waals surface area contributed by atoms with E-state index in [9.17, 15) is 4.79 Å². The molecule has 0 atom stereocenters. The van der Waals surface area contributed by atoms with Crippen molar-refractivity contribution in [3.8, 4) is 5.75 Å². The lowest BCUT2D eigenvalue weighted by Crippen LogP contribution is -2.41. The maximum absolute atomic E-state index is 12.1. The van der Waals surface area contributed by atoms with Crippen LogP contribution in [0.1, 0.15) is 50.7 Å². The lowest BCUT2D eigenvalue weighted by atomic mass is 9.89. The topological polar surface area (TPSA) is 38.8 Å². The summed E-state index contributed by atoms with van der Waals surface area (Å²) in [5.41, 5.74) is 2.23. The summed E-state index contributed by atoms with van der Waals surface area (Å²) < 4.78 is 11.1. The number of carbonyl (C=O) groups excluding carboxylic acids is 1. The van der Waals surface area contributed by atoms with Gasteiger partial charge in [0.15, 0.2) is 0 Å². The molecule has 0 radical (unpaired) electrons. The van der Waals surface area contributed by atoms with E-state index in [1.807, 2.05) is 25.7 Å². The molecular weight excluding hydrogens is 278 g/mol. The largest absolute Gasteiger partial charge is 0.493 e. The van der Waals surface area contributed by atoms with E-state index in [-0.39, 0.29) is 6.09 Å². The number of ether oxygens (including phenoxy) is 2. The minimum absolute atomic E-state index is 0.191. The average Bonchev–Trinajstić information content (AvgIpc) is 2.93. The first kappa shape index (κ1) is 15.2. The quantitative estimate of drug-likeness (QED) is 0.793. The van der Waals surface area contributed by atoms with E-state index in [4.69, 9.17) is 9.47 Å². The first-order valence-electron chi connectivity index (χ1n) is 8.16. The van der Waals surface area contributed by atoms with Crippen molar-refractivity contribution < 1.29 is 14.3 Å². The summed E-state index contributed by atoms with van der Waals surface area (Å²) in [5, 5.41) is 0. The van der Waals surface area contributed by atoms with Crippen LogP contribution in [-0.2, 0) is 11.2 Å². The molecule has 0 aliphatic carbocycles. The number of rotatable bonds is 1. The van der Waals surface area contributed by atoms with Crippen LogP contribution in [-0.4, -0.2) is 36.3 Å². The molecule has 1 aromatic rings. The second kappa shape index (κ2) is 5.82. The smallest absolute Gasteiger partial charge is 0.410 e. The minimum Gasteiger partial charge on any atom is -0.493 e. The Balaban J connectivity index is 1.59. The molecule has 0 unspecified atom stereocenters. The van der Waals surface area contributed by atoms with E-state index in [1.165, 1.54) is 11.1 Å². The molecule has 22 heavy (non-hydrogen) atoms. The second-order valence-electron chi connectivity index (χ2n) is 7.21. The zero-order valence-electron chi connectivity index (χ0n) is 13.7. The molecule has 1 amide bonds. The molecule has 3 rings (SSSR count). The number of amides is 1. The highest BCUT2D eigenvalue weighted by atomic mass is 16.6. The maximum Gasteiger partial charge on any atom is 0.410 e. The summed E-state index contributed by atoms with van der Waals surface area (Å²) in [5.74, 6) is 1.56. The van der Waals surface area contributed by atoms with Gasteiger partial charge >= 0.3 is 6.09 Å². The van der Waals surface area contributed by atoms with Gasteiger partial charge in [-0.25, -0.2) is 4.79 Å². The Labute approximate surface area is 132 Å². The van der Waals surface area contributed by atoms with E-state index in [1.54, 1.807) is 0 Å². The van der Waals surface area contributed by atoms with Gasteiger partial charge in [-0.1, -0.05) is 12.1 Å². The van der Waals surface area contributed by atoms with E-state index < -0.39 is 5.60 Å². The van der Waals surface area contributed by atoms with Crippen LogP contribution in [0.3, 0.4) is 0 Å². The first-order chi connectivity index (χ1) is 10.4. The Kier molecular flexibility index (Phi) is 4.02. The fraction of sp³-hybridized carbons (Fsp3) is 0.611. The number of benzene rings is 1. The molecular formula is C18H25NO3. The summed E-state index contributed by atoms with van der Waals surface area (Å²) in [6, 6.07) is 6.61. The average molecular weight is 303 g/mol. The summed E-state index contributed by atoms with van der Waals surface area (Å²) >= 11 is 0. The number of carbonyl (C=O) groups is 1. The van der Waals surface area contributed by atoms with Crippen LogP contribution in [0.15, 0.2) is 18.2 Å². The van der Waals surface area contributed by atoms with Gasteiger partial charge in [0.05, 0.1) is 6.61 Å². The van der Waals surface area contributed by atoms with Crippen LogP contribution in [0.4, 0.5) is 4.79 Å². The fourth-order valence-corrected chi connectivity index (χ4v) is 3.16. The van der Waals surface area contributed by atoms with Gasteiger partial charge in [-0.2, -0.15) is 0 Å². The van der Waals surface area contributed by atoms with Gasteiger partial charge < -0.3 is 14.4 Å². The Morgan fingerprint density at radius 1 is 1.27 bits per heavy atom. The molecule has 0 saturated carbocycles. The van der Waals surface area contributed by atoms with Gasteiger partial charge in [-0.3, -0.25) is 0 Å². The van der Waals surface area contributed by atoms with Crippen molar-refractivity contribution in [2.45, 2.75) is 51.6 Å². The molecule has 2 aliphatic heterocycles. The molecule has 1 saturated heterocycles. The number of fused-ring (bicyclic) bond motifs is 1. The Hall–Kier alpha value is -1.71. The van der Waals surface area contributed by atoms with Crippen molar-refractivity contribution in [2.24, 2.45) is 0 Å². The fourth-order valence-electron chi connectivity index (χ4n) is 3.16. The molecule has 120 valence electrons. The molecule has 2 aliphatic rings. The van der Waals surface area contributed by atoms with Gasteiger partial charge in [0.1, 0.15) is 11.4 Å². The third kappa shape index (κ3) is 3.37. The number of likely N-dealkylation sites (tertiary alicyclic amines) is 1. The number of hydrogen-bond donors (Lipinski definition) is 0. The highest BCUT2D eigenvalue weighted by Gasteiger charge is 2.28. The van der Waals surface area contributed by atoms with Crippen molar-refractivity contribution in [3.05, 3.63) is 29.3 Å². The summed E-state index contributed by atoms with van der Waals surface area (Å²) in [4.78, 5) is 13.9. The molecule has 0 spiro atoms. The Bertz CT molecular complexity index is 554. The second-order valence-corrected chi connectivity index (χ2v) is 7.21. The molecule has 4 nitrogen and oxygen atoms in total. The highest BCUT2D eigenvalue weighted by molar-refractivity contribution is 5.68. The molecule has 1 fully saturated rings. The predicted octanol–water partition coefficient (Wildman–Crippen LogP) is 3.74. The van der Waals surface area contributed by atoms with Crippen LogP contribution in [0.25, 0.3) is 0 Å². The van der Waals surface area contributed by atoms with Crippen molar-refractivity contribution in [1.82, 2.24) is 4.90 Å². The highest BCUT2D eigenvalue weighted by Crippen LogP contribution is 2.34. The lowest BCUT2D eigenvalue weighted by Gasteiger charge is -2.33. The van der Waals surface area contributed by atoms with Gasteiger partial charge in [0, 0.05) is 19.5 Å². The van der Waals surface area contributed by atoms with E-state index >= 15 is 0 Å². The van der Waals surface area contributed by atoms with E-state index in [2.05, 4.69) is 18.2 Å². The summed E-state index contributed by atoms with van der Waals surface area (Å²) in [6.07, 6.45) is 2.80. The monoisotopic (exact) mass is 303 g/mol. The van der Waals surface area contributed by atoms with Gasteiger partial charge in [0.25, 0.3) is 0 Å². The van der Waals surface area contributed by atoms with Gasteiger partial charge in [-0.05, 0) is 56.7 Å². The summed E-state index contributed by atoms with van der Waals surface area (Å²) in [7, 11) is 0. The van der Waals surface area contributed by atoms with Crippen molar-refractivity contribution in [1.29, 1.82) is 0 Å². The van der Waals surface area contributed by atoms with Gasteiger partial charge in [0.2, 0.25) is 0 Å². The molecule has 0 N–H and O–H groups in total. The Morgan fingerprint density at radius 3 is 2.68 bits per heavy atom. The van der Waals surface area contributed by atoms with Crippen LogP contribution >= 0.6 is 0 Å². The predicted molar refractivity (Wildman–Crippen MR) is 85.4 cm³/mol. The standard InChI is InChI=1S/C18H25NO3/c1-18(2,3)22-17(20)19-9-6-13(7-10-19)15-5-4-14-8-11-21-16(14)12-15/h4-5,12-13H,6-11H2,1-3H3. The van der Waals surface area contributed by atoms with Gasteiger partial charge in [-0.15, -0.1) is 0 Å². The number of hydrogen-bond acceptors (Lipinski definition) is 3. The Morgan fingerprint density at radius 2 is 2.00 bits per heavy atom. The molecule has 2 heterocycles. The normalized spacial score (nSPS) is 18.8. The zero-order chi connectivity index (χ0) is 15.7. The van der Waals surface area contributed by atoms with E-state index in [0.717, 1.165) is 44.7 Å². The number of piperidine rings is 1. The van der Waals surface area contributed by atoms with Crippen molar-refractivity contribution >= 4 is 6.09 Å².